The molecule has 1 aliphatic heterocycles. The van der Waals surface area contributed by atoms with Gasteiger partial charge in [-0.2, -0.15) is 5.26 Å². The van der Waals surface area contributed by atoms with Gasteiger partial charge in [-0.25, -0.2) is 8.42 Å². The fourth-order valence-electron chi connectivity index (χ4n) is 1.84. The monoisotopic (exact) mass is 217 g/mol. The molecule has 80 valence electrons. The molecule has 0 radical (unpaired) electrons. The van der Waals surface area contributed by atoms with Gasteiger partial charge in [0.05, 0.1) is 29.1 Å². The fourth-order valence-corrected chi connectivity index (χ4v) is 3.86. The Morgan fingerprint density at radius 3 is 2.64 bits per heavy atom. The summed E-state index contributed by atoms with van der Waals surface area (Å²) in [5.41, 5.74) is -0.714. The molecule has 2 unspecified atom stereocenters. The summed E-state index contributed by atoms with van der Waals surface area (Å²) in [6.07, 6.45) is 0.877. The van der Waals surface area contributed by atoms with E-state index >= 15 is 0 Å². The van der Waals surface area contributed by atoms with E-state index in [0.29, 0.717) is 12.8 Å². The largest absolute Gasteiger partial charge is 0.382 e. The molecule has 0 bridgehead atoms. The summed E-state index contributed by atoms with van der Waals surface area (Å²) in [4.78, 5) is 0. The van der Waals surface area contributed by atoms with Gasteiger partial charge in [0.1, 0.15) is 0 Å². The average molecular weight is 217 g/mol. The van der Waals surface area contributed by atoms with Crippen LogP contribution in [0.5, 0.6) is 0 Å². The molecular weight excluding hydrogens is 202 g/mol. The number of hydrogen-bond acceptors (Lipinski definition) is 4. The molecule has 0 saturated carbocycles. The van der Waals surface area contributed by atoms with Gasteiger partial charge in [0.25, 0.3) is 0 Å². The van der Waals surface area contributed by atoms with E-state index in [1.54, 1.807) is 7.11 Å². The maximum absolute atomic E-state index is 11.3. The zero-order valence-electron chi connectivity index (χ0n) is 8.49. The first-order valence-electron chi connectivity index (χ1n) is 4.57. The van der Waals surface area contributed by atoms with Crippen molar-refractivity contribution in [2.24, 2.45) is 5.41 Å². The first-order valence-corrected chi connectivity index (χ1v) is 6.40. The molecular formula is C9H15NO3S. The molecule has 1 rings (SSSR count). The van der Waals surface area contributed by atoms with Crippen molar-refractivity contribution in [3.63, 3.8) is 0 Å². The second-order valence-electron chi connectivity index (χ2n) is 3.98. The molecule has 0 aliphatic carbocycles. The Hall–Kier alpha value is -0.600. The van der Waals surface area contributed by atoms with E-state index in [9.17, 15) is 8.42 Å². The lowest BCUT2D eigenvalue weighted by Gasteiger charge is -2.21. The van der Waals surface area contributed by atoms with Crippen molar-refractivity contribution < 1.29 is 13.2 Å². The highest BCUT2D eigenvalue weighted by atomic mass is 32.2. The molecule has 1 saturated heterocycles. The molecule has 2 atom stereocenters. The van der Waals surface area contributed by atoms with Crippen molar-refractivity contribution in [1.29, 1.82) is 5.26 Å². The zero-order valence-corrected chi connectivity index (χ0v) is 9.30. The van der Waals surface area contributed by atoms with Crippen LogP contribution in [-0.2, 0) is 14.6 Å². The molecule has 4 nitrogen and oxygen atoms in total. The van der Waals surface area contributed by atoms with Crippen LogP contribution in [0.2, 0.25) is 0 Å². The quantitative estimate of drug-likeness (QED) is 0.699. The fraction of sp³-hybridized carbons (Fsp3) is 0.889. The number of methoxy groups -OCH3 is 1. The molecule has 14 heavy (non-hydrogen) atoms. The molecule has 0 aromatic carbocycles. The van der Waals surface area contributed by atoms with Crippen LogP contribution in [-0.4, -0.2) is 33.1 Å². The van der Waals surface area contributed by atoms with Crippen LogP contribution < -0.4 is 0 Å². The molecule has 0 amide bonds. The number of nitrogens with zero attached hydrogens (tertiary/aromatic N) is 1. The van der Waals surface area contributed by atoms with E-state index in [-0.39, 0.29) is 17.6 Å². The van der Waals surface area contributed by atoms with Gasteiger partial charge >= 0.3 is 0 Å². The molecule has 0 aromatic rings. The number of rotatable bonds is 3. The predicted octanol–water partition coefficient (Wildman–Crippen LogP) is 0.740. The minimum absolute atomic E-state index is 0.00972. The average Bonchev–Trinajstić information content (AvgIpc) is 2.42. The first-order chi connectivity index (χ1) is 6.43. The van der Waals surface area contributed by atoms with Gasteiger partial charge in [-0.3, -0.25) is 0 Å². The highest BCUT2D eigenvalue weighted by Gasteiger charge is 2.43. The Labute approximate surface area is 84.8 Å². The molecule has 1 fully saturated rings. The van der Waals surface area contributed by atoms with Crippen LogP contribution in [0.25, 0.3) is 0 Å². The zero-order chi connectivity index (χ0) is 10.8. The summed E-state index contributed by atoms with van der Waals surface area (Å²) in [7, 11) is -1.43. The van der Waals surface area contributed by atoms with Gasteiger partial charge < -0.3 is 4.74 Å². The Morgan fingerprint density at radius 2 is 2.29 bits per heavy atom. The summed E-state index contributed by atoms with van der Waals surface area (Å²) < 4.78 is 27.6. The van der Waals surface area contributed by atoms with Gasteiger partial charge in [0.15, 0.2) is 9.84 Å². The first kappa shape index (κ1) is 11.5. The van der Waals surface area contributed by atoms with Crippen LogP contribution in [0, 0.1) is 16.7 Å². The minimum Gasteiger partial charge on any atom is -0.382 e. The van der Waals surface area contributed by atoms with Gasteiger partial charge in [-0.05, 0) is 19.8 Å². The van der Waals surface area contributed by atoms with E-state index in [2.05, 4.69) is 6.07 Å². The predicted molar refractivity (Wildman–Crippen MR) is 52.4 cm³/mol. The van der Waals surface area contributed by atoms with Crippen molar-refractivity contribution in [2.75, 3.05) is 18.6 Å². The smallest absolute Gasteiger partial charge is 0.151 e. The van der Waals surface area contributed by atoms with Crippen molar-refractivity contribution in [3.8, 4) is 6.07 Å². The van der Waals surface area contributed by atoms with E-state index in [4.69, 9.17) is 10.00 Å². The van der Waals surface area contributed by atoms with E-state index in [1.165, 1.54) is 0 Å². The molecule has 1 aliphatic rings. The van der Waals surface area contributed by atoms with Crippen molar-refractivity contribution >= 4 is 9.84 Å². The summed E-state index contributed by atoms with van der Waals surface area (Å²) in [6, 6.07) is 2.14. The molecule has 5 heteroatoms. The lowest BCUT2D eigenvalue weighted by molar-refractivity contribution is 0.0863. The highest BCUT2D eigenvalue weighted by molar-refractivity contribution is 7.91. The second kappa shape index (κ2) is 3.87. The third-order valence-electron chi connectivity index (χ3n) is 2.71. The Morgan fingerprint density at radius 1 is 1.64 bits per heavy atom. The maximum Gasteiger partial charge on any atom is 0.151 e. The summed E-state index contributed by atoms with van der Waals surface area (Å²) in [6.45, 7) is 1.85. The number of hydrogen-bond donors (Lipinski definition) is 0. The van der Waals surface area contributed by atoms with Crippen molar-refractivity contribution in [2.45, 2.75) is 25.9 Å². The molecule has 0 N–H and O–H groups in total. The summed E-state index contributed by atoms with van der Waals surface area (Å²) >= 11 is 0. The minimum atomic E-state index is -3.00. The van der Waals surface area contributed by atoms with Crippen LogP contribution in [0.3, 0.4) is 0 Å². The van der Waals surface area contributed by atoms with Crippen molar-refractivity contribution in [1.82, 2.24) is 0 Å². The Kier molecular flexibility index (Phi) is 3.17. The molecule has 0 aromatic heterocycles. The third-order valence-corrected chi connectivity index (χ3v) is 4.52. The van der Waals surface area contributed by atoms with Crippen LogP contribution in [0.15, 0.2) is 0 Å². The molecule has 0 spiro atoms. The molecule has 1 heterocycles. The highest BCUT2D eigenvalue weighted by Crippen LogP contribution is 2.36. The van der Waals surface area contributed by atoms with Gasteiger partial charge in [-0.15, -0.1) is 0 Å². The van der Waals surface area contributed by atoms with Crippen LogP contribution in [0.1, 0.15) is 19.8 Å². The van der Waals surface area contributed by atoms with Gasteiger partial charge in [-0.1, -0.05) is 0 Å². The lowest BCUT2D eigenvalue weighted by atomic mass is 9.84. The van der Waals surface area contributed by atoms with Gasteiger partial charge in [0.2, 0.25) is 0 Å². The van der Waals surface area contributed by atoms with E-state index < -0.39 is 15.3 Å². The van der Waals surface area contributed by atoms with E-state index in [0.717, 1.165) is 0 Å². The Bertz CT molecular complexity index is 344. The maximum atomic E-state index is 11.3. The van der Waals surface area contributed by atoms with Crippen molar-refractivity contribution in [3.05, 3.63) is 0 Å². The summed E-state index contributed by atoms with van der Waals surface area (Å²) in [5, 5.41) is 9.02. The number of ether oxygens (including phenoxy) is 1. The topological polar surface area (TPSA) is 67.2 Å². The number of nitriles is 1. The van der Waals surface area contributed by atoms with Crippen LogP contribution in [0.4, 0.5) is 0 Å². The SMILES string of the molecule is COC(C)CC1(C#N)CCS(=O)(=O)C1. The lowest BCUT2D eigenvalue weighted by Crippen LogP contribution is -2.26. The normalized spacial score (nSPS) is 32.4. The summed E-state index contributed by atoms with van der Waals surface area (Å²) in [5.74, 6) is 0.126. The van der Waals surface area contributed by atoms with Crippen LogP contribution >= 0.6 is 0 Å². The third kappa shape index (κ3) is 2.46. The van der Waals surface area contributed by atoms with E-state index in [1.807, 2.05) is 6.92 Å². The number of sulfone groups is 1. The Balaban J connectivity index is 2.77. The standard InChI is InChI=1S/C9H15NO3S/c1-8(13-2)5-9(6-10)3-4-14(11,12)7-9/h8H,3-5,7H2,1-2H3. The second-order valence-corrected chi connectivity index (χ2v) is 6.17. The van der Waals surface area contributed by atoms with Gasteiger partial charge in [0, 0.05) is 7.11 Å².